The molecule has 1 atom stereocenters. The third-order valence-electron chi connectivity index (χ3n) is 3.14. The Labute approximate surface area is 140 Å². The van der Waals surface area contributed by atoms with Gasteiger partial charge in [0, 0.05) is 11.1 Å². The van der Waals surface area contributed by atoms with Gasteiger partial charge in [-0.3, -0.25) is 4.79 Å². The molecule has 23 heavy (non-hydrogen) atoms. The molecule has 2 rings (SSSR count). The molecule has 5 nitrogen and oxygen atoms in total. The number of hydrogen-bond acceptors (Lipinski definition) is 4. The average molecular weight is 336 g/mol. The quantitative estimate of drug-likeness (QED) is 0.873. The molecule has 2 aromatic carbocycles. The summed E-state index contributed by atoms with van der Waals surface area (Å²) in [5.74, 6) is 1.42. The molecule has 0 bridgehead atoms. The molecule has 0 spiro atoms. The van der Waals surface area contributed by atoms with Crippen LogP contribution in [0.4, 0.5) is 5.69 Å². The average Bonchev–Trinajstić information content (AvgIpc) is 2.55. The lowest BCUT2D eigenvalue weighted by Gasteiger charge is -2.16. The van der Waals surface area contributed by atoms with Gasteiger partial charge in [0.1, 0.15) is 17.2 Å². The summed E-state index contributed by atoms with van der Waals surface area (Å²) in [7, 11) is 3.09. The second kappa shape index (κ2) is 7.74. The molecule has 0 heterocycles. The van der Waals surface area contributed by atoms with Gasteiger partial charge in [0.25, 0.3) is 5.91 Å². The van der Waals surface area contributed by atoms with Crippen LogP contribution in [-0.4, -0.2) is 26.2 Å². The Morgan fingerprint density at radius 2 is 1.83 bits per heavy atom. The predicted molar refractivity (Wildman–Crippen MR) is 89.7 cm³/mol. The van der Waals surface area contributed by atoms with Crippen LogP contribution in [-0.2, 0) is 4.79 Å². The number of rotatable bonds is 6. The highest BCUT2D eigenvalue weighted by atomic mass is 35.5. The molecule has 1 amide bonds. The fraction of sp³-hybridized carbons (Fsp3) is 0.235. The van der Waals surface area contributed by atoms with Gasteiger partial charge in [-0.2, -0.15) is 0 Å². The summed E-state index contributed by atoms with van der Waals surface area (Å²) < 4.78 is 16.0. The maximum absolute atomic E-state index is 12.3. The molecule has 122 valence electrons. The van der Waals surface area contributed by atoms with Crippen molar-refractivity contribution in [3.63, 3.8) is 0 Å². The Morgan fingerprint density at radius 1 is 1.09 bits per heavy atom. The number of nitrogens with one attached hydrogen (secondary N) is 1. The van der Waals surface area contributed by atoms with Crippen molar-refractivity contribution in [2.45, 2.75) is 13.0 Å². The third kappa shape index (κ3) is 4.53. The summed E-state index contributed by atoms with van der Waals surface area (Å²) in [5.41, 5.74) is 0.492. The molecule has 0 saturated heterocycles. The van der Waals surface area contributed by atoms with Crippen LogP contribution in [0.3, 0.4) is 0 Å². The number of methoxy groups -OCH3 is 2. The lowest BCUT2D eigenvalue weighted by atomic mass is 10.2. The normalized spacial score (nSPS) is 11.5. The maximum atomic E-state index is 12.3. The Bertz CT molecular complexity index is 690. The topological polar surface area (TPSA) is 56.8 Å². The van der Waals surface area contributed by atoms with Crippen LogP contribution in [0.1, 0.15) is 6.92 Å². The first kappa shape index (κ1) is 17.0. The van der Waals surface area contributed by atoms with Crippen LogP contribution >= 0.6 is 11.6 Å². The van der Waals surface area contributed by atoms with Crippen LogP contribution in [0.15, 0.2) is 42.5 Å². The summed E-state index contributed by atoms with van der Waals surface area (Å²) in [5, 5.41) is 3.25. The first-order chi connectivity index (χ1) is 11.0. The fourth-order valence-corrected chi connectivity index (χ4v) is 2.12. The smallest absolute Gasteiger partial charge is 0.265 e. The number of carbonyl (C=O) groups is 1. The van der Waals surface area contributed by atoms with Gasteiger partial charge in [0.05, 0.1) is 19.9 Å². The van der Waals surface area contributed by atoms with E-state index in [0.717, 1.165) is 0 Å². The first-order valence-corrected chi connectivity index (χ1v) is 7.36. The molecule has 2 aromatic rings. The molecule has 0 aliphatic heterocycles. The minimum absolute atomic E-state index is 0.312. The molecule has 0 aliphatic rings. The number of anilines is 1. The number of ether oxygens (including phenoxy) is 3. The number of benzene rings is 2. The zero-order valence-electron chi connectivity index (χ0n) is 13.1. The molecular formula is C17H18ClNO4. The minimum Gasteiger partial charge on any atom is -0.497 e. The molecule has 1 N–H and O–H groups in total. The second-order valence-corrected chi connectivity index (χ2v) is 5.21. The largest absolute Gasteiger partial charge is 0.497 e. The van der Waals surface area contributed by atoms with E-state index >= 15 is 0 Å². The molecule has 6 heteroatoms. The highest BCUT2D eigenvalue weighted by Crippen LogP contribution is 2.28. The van der Waals surface area contributed by atoms with Gasteiger partial charge >= 0.3 is 0 Å². The zero-order valence-corrected chi connectivity index (χ0v) is 13.9. The summed E-state index contributed by atoms with van der Waals surface area (Å²) in [6.07, 6.45) is -0.703. The van der Waals surface area contributed by atoms with E-state index in [1.807, 2.05) is 0 Å². The van der Waals surface area contributed by atoms with Gasteiger partial charge in [-0.1, -0.05) is 17.7 Å². The highest BCUT2D eigenvalue weighted by molar-refractivity contribution is 6.31. The lowest BCUT2D eigenvalue weighted by Crippen LogP contribution is -2.30. The number of amides is 1. The van der Waals surface area contributed by atoms with Crippen molar-refractivity contribution in [1.82, 2.24) is 0 Å². The van der Waals surface area contributed by atoms with Gasteiger partial charge in [-0.05, 0) is 37.3 Å². The van der Waals surface area contributed by atoms with Gasteiger partial charge in [-0.25, -0.2) is 0 Å². The van der Waals surface area contributed by atoms with Crippen molar-refractivity contribution >= 4 is 23.2 Å². The summed E-state index contributed by atoms with van der Waals surface area (Å²) in [4.78, 5) is 12.3. The highest BCUT2D eigenvalue weighted by Gasteiger charge is 2.17. The third-order valence-corrected chi connectivity index (χ3v) is 3.38. The number of halogens is 1. The van der Waals surface area contributed by atoms with Gasteiger partial charge in [0.15, 0.2) is 6.10 Å². The van der Waals surface area contributed by atoms with Crippen molar-refractivity contribution in [2.24, 2.45) is 0 Å². The molecular weight excluding hydrogens is 318 g/mol. The van der Waals surface area contributed by atoms with E-state index in [9.17, 15) is 4.79 Å². The summed E-state index contributed by atoms with van der Waals surface area (Å²) in [6.45, 7) is 1.66. The van der Waals surface area contributed by atoms with Crippen molar-refractivity contribution in [3.8, 4) is 17.2 Å². The first-order valence-electron chi connectivity index (χ1n) is 6.98. The summed E-state index contributed by atoms with van der Waals surface area (Å²) in [6, 6.07) is 12.1. The Morgan fingerprint density at radius 3 is 2.52 bits per heavy atom. The molecule has 0 unspecified atom stereocenters. The van der Waals surface area contributed by atoms with Gasteiger partial charge in [0.2, 0.25) is 0 Å². The Kier molecular flexibility index (Phi) is 5.71. The van der Waals surface area contributed by atoms with E-state index in [4.69, 9.17) is 25.8 Å². The number of carbonyl (C=O) groups excluding carboxylic acids is 1. The molecule has 0 aromatic heterocycles. The van der Waals surface area contributed by atoms with Crippen LogP contribution in [0, 0.1) is 0 Å². The van der Waals surface area contributed by atoms with Crippen molar-refractivity contribution < 1.29 is 19.0 Å². The van der Waals surface area contributed by atoms with Crippen LogP contribution < -0.4 is 19.5 Å². The van der Waals surface area contributed by atoms with E-state index in [0.29, 0.717) is 28.0 Å². The van der Waals surface area contributed by atoms with Gasteiger partial charge in [-0.15, -0.1) is 0 Å². The molecule has 0 aliphatic carbocycles. The Balaban J connectivity index is 2.06. The van der Waals surface area contributed by atoms with Crippen LogP contribution in [0.5, 0.6) is 17.2 Å². The van der Waals surface area contributed by atoms with E-state index < -0.39 is 6.10 Å². The predicted octanol–water partition coefficient (Wildman–Crippen LogP) is 3.76. The molecule has 0 fully saturated rings. The van der Waals surface area contributed by atoms with Crippen molar-refractivity contribution in [3.05, 3.63) is 47.5 Å². The van der Waals surface area contributed by atoms with E-state index in [1.54, 1.807) is 56.5 Å². The lowest BCUT2D eigenvalue weighted by molar-refractivity contribution is -0.122. The molecule has 0 saturated carbocycles. The summed E-state index contributed by atoms with van der Waals surface area (Å²) >= 11 is 5.95. The van der Waals surface area contributed by atoms with Crippen molar-refractivity contribution in [1.29, 1.82) is 0 Å². The van der Waals surface area contributed by atoms with E-state index in [-0.39, 0.29) is 5.91 Å². The Hall–Kier alpha value is -2.40. The fourth-order valence-electron chi connectivity index (χ4n) is 1.94. The van der Waals surface area contributed by atoms with Gasteiger partial charge < -0.3 is 19.5 Å². The maximum Gasteiger partial charge on any atom is 0.265 e. The standard InChI is InChI=1S/C17H18ClNO4/c1-11(23-14-6-4-5-13(10-14)21-2)17(20)19-15-9-12(18)7-8-16(15)22-3/h4-11H,1-3H3,(H,19,20)/t11-/m1/s1. The SMILES string of the molecule is COc1cccc(O[C@H](C)C(=O)Nc2cc(Cl)ccc2OC)c1. The number of hydrogen-bond donors (Lipinski definition) is 1. The van der Waals surface area contributed by atoms with Crippen molar-refractivity contribution in [2.75, 3.05) is 19.5 Å². The van der Waals surface area contributed by atoms with E-state index in [1.165, 1.54) is 7.11 Å². The van der Waals surface area contributed by atoms with E-state index in [2.05, 4.69) is 5.32 Å². The van der Waals surface area contributed by atoms with Crippen LogP contribution in [0.25, 0.3) is 0 Å². The molecule has 0 radical (unpaired) electrons. The van der Waals surface area contributed by atoms with Crippen LogP contribution in [0.2, 0.25) is 5.02 Å². The second-order valence-electron chi connectivity index (χ2n) is 4.77. The monoisotopic (exact) mass is 335 g/mol. The zero-order chi connectivity index (χ0) is 16.8. The minimum atomic E-state index is -0.703.